The van der Waals surface area contributed by atoms with Crippen LogP contribution in [0.3, 0.4) is 0 Å². The Balaban J connectivity index is 1.96. The Labute approximate surface area is 145 Å². The topological polar surface area (TPSA) is 57.7 Å². The van der Waals surface area contributed by atoms with Gasteiger partial charge >= 0.3 is 0 Å². The third kappa shape index (κ3) is 5.31. The fraction of sp³-hybridized carbons (Fsp3) is 0.611. The molecule has 24 heavy (non-hydrogen) atoms. The summed E-state index contributed by atoms with van der Waals surface area (Å²) in [6.07, 6.45) is 2.29. The van der Waals surface area contributed by atoms with E-state index in [0.29, 0.717) is 24.1 Å². The molecule has 1 fully saturated rings. The molecule has 1 aliphatic heterocycles. The summed E-state index contributed by atoms with van der Waals surface area (Å²) in [7, 11) is -3.30. The van der Waals surface area contributed by atoms with Crippen molar-refractivity contribution in [3.8, 4) is 0 Å². The predicted octanol–water partition coefficient (Wildman–Crippen LogP) is 2.28. The molecule has 1 saturated heterocycles. The van der Waals surface area contributed by atoms with Crippen molar-refractivity contribution in [2.45, 2.75) is 32.1 Å². The molecule has 134 valence electrons. The van der Waals surface area contributed by atoms with Gasteiger partial charge in [0.25, 0.3) is 5.91 Å². The van der Waals surface area contributed by atoms with Crippen molar-refractivity contribution >= 4 is 15.7 Å². The van der Waals surface area contributed by atoms with Crippen molar-refractivity contribution in [1.29, 1.82) is 0 Å². The van der Waals surface area contributed by atoms with Crippen LogP contribution in [0.25, 0.3) is 0 Å². The average Bonchev–Trinajstić information content (AvgIpc) is 2.51. The third-order valence-corrected chi connectivity index (χ3v) is 5.46. The van der Waals surface area contributed by atoms with E-state index < -0.39 is 9.84 Å². The Morgan fingerprint density at radius 3 is 2.29 bits per heavy atom. The van der Waals surface area contributed by atoms with Crippen LogP contribution in [0.15, 0.2) is 29.2 Å². The second-order valence-electron chi connectivity index (χ2n) is 7.74. The van der Waals surface area contributed by atoms with Gasteiger partial charge in [-0.1, -0.05) is 26.8 Å². The molecule has 0 atom stereocenters. The number of piperazine rings is 1. The van der Waals surface area contributed by atoms with Gasteiger partial charge < -0.3 is 4.90 Å². The molecule has 1 aromatic carbocycles. The Kier molecular flexibility index (Phi) is 5.71. The molecule has 1 heterocycles. The van der Waals surface area contributed by atoms with E-state index in [-0.39, 0.29) is 10.8 Å². The fourth-order valence-corrected chi connectivity index (χ4v) is 3.38. The van der Waals surface area contributed by atoms with Crippen molar-refractivity contribution in [3.05, 3.63) is 29.8 Å². The highest BCUT2D eigenvalue weighted by Crippen LogP contribution is 2.20. The van der Waals surface area contributed by atoms with Crippen LogP contribution in [-0.2, 0) is 9.84 Å². The molecule has 2 rings (SSSR count). The van der Waals surface area contributed by atoms with Gasteiger partial charge in [-0.15, -0.1) is 0 Å². The van der Waals surface area contributed by atoms with Crippen LogP contribution in [0.5, 0.6) is 0 Å². The van der Waals surface area contributed by atoms with Crippen molar-refractivity contribution in [3.63, 3.8) is 0 Å². The summed E-state index contributed by atoms with van der Waals surface area (Å²) in [5.74, 6) is -0.0871. The second kappa shape index (κ2) is 7.23. The molecular formula is C18H28N2O3S. The van der Waals surface area contributed by atoms with E-state index >= 15 is 0 Å². The number of carbonyl (C=O) groups excluding carboxylic acids is 1. The van der Waals surface area contributed by atoms with Crippen LogP contribution in [-0.4, -0.2) is 63.1 Å². The number of rotatable bonds is 4. The van der Waals surface area contributed by atoms with Crippen molar-refractivity contribution in [1.82, 2.24) is 9.80 Å². The molecule has 0 aliphatic carbocycles. The molecule has 0 radical (unpaired) electrons. The van der Waals surface area contributed by atoms with Crippen LogP contribution in [0.2, 0.25) is 0 Å². The number of amides is 1. The summed E-state index contributed by atoms with van der Waals surface area (Å²) < 4.78 is 23.3. The molecule has 1 amide bonds. The Morgan fingerprint density at radius 1 is 1.12 bits per heavy atom. The van der Waals surface area contributed by atoms with E-state index in [1.165, 1.54) is 12.1 Å². The maximum absolute atomic E-state index is 12.6. The highest BCUT2D eigenvalue weighted by molar-refractivity contribution is 7.90. The van der Waals surface area contributed by atoms with E-state index in [1.54, 1.807) is 12.1 Å². The lowest BCUT2D eigenvalue weighted by Crippen LogP contribution is -2.49. The number of hydrogen-bond donors (Lipinski definition) is 0. The van der Waals surface area contributed by atoms with Crippen LogP contribution in [0.1, 0.15) is 37.6 Å². The first-order valence-corrected chi connectivity index (χ1v) is 10.3. The van der Waals surface area contributed by atoms with E-state index in [1.807, 2.05) is 4.90 Å². The van der Waals surface area contributed by atoms with Gasteiger partial charge in [-0.3, -0.25) is 9.69 Å². The molecule has 0 aromatic heterocycles. The molecule has 0 unspecified atom stereocenters. The first-order valence-electron chi connectivity index (χ1n) is 8.38. The molecule has 5 nitrogen and oxygen atoms in total. The Bertz CT molecular complexity index is 684. The van der Waals surface area contributed by atoms with Gasteiger partial charge in [0, 0.05) is 38.0 Å². The zero-order valence-corrected chi connectivity index (χ0v) is 15.9. The summed E-state index contributed by atoms with van der Waals surface area (Å²) in [4.78, 5) is 17.0. The monoisotopic (exact) mass is 352 g/mol. The fourth-order valence-electron chi connectivity index (χ4n) is 2.71. The van der Waals surface area contributed by atoms with Gasteiger partial charge in [0.05, 0.1) is 4.90 Å². The standard InChI is InChI=1S/C18H28N2O3S/c1-18(2,3)8-9-19-10-12-20(13-11-19)17(21)15-6-5-7-16(14-15)24(4,22)23/h5-7,14H,8-13H2,1-4H3. The number of benzene rings is 1. The molecule has 1 aliphatic rings. The van der Waals surface area contributed by atoms with E-state index in [9.17, 15) is 13.2 Å². The Hall–Kier alpha value is -1.40. The summed E-state index contributed by atoms with van der Waals surface area (Å²) in [5.41, 5.74) is 0.764. The van der Waals surface area contributed by atoms with Crippen LogP contribution >= 0.6 is 0 Å². The second-order valence-corrected chi connectivity index (χ2v) is 9.76. The van der Waals surface area contributed by atoms with Gasteiger partial charge in [0.2, 0.25) is 0 Å². The number of hydrogen-bond acceptors (Lipinski definition) is 4. The van der Waals surface area contributed by atoms with Gasteiger partial charge in [-0.25, -0.2) is 8.42 Å². The van der Waals surface area contributed by atoms with Gasteiger partial charge in [0.15, 0.2) is 9.84 Å². The van der Waals surface area contributed by atoms with Gasteiger partial charge in [0.1, 0.15) is 0 Å². The van der Waals surface area contributed by atoms with Crippen LogP contribution in [0, 0.1) is 5.41 Å². The highest BCUT2D eigenvalue weighted by Gasteiger charge is 2.23. The van der Waals surface area contributed by atoms with Crippen LogP contribution < -0.4 is 0 Å². The van der Waals surface area contributed by atoms with Crippen molar-refractivity contribution in [2.75, 3.05) is 39.0 Å². The van der Waals surface area contributed by atoms with Crippen LogP contribution in [0.4, 0.5) is 0 Å². The number of sulfone groups is 1. The first-order chi connectivity index (χ1) is 11.1. The lowest BCUT2D eigenvalue weighted by atomic mass is 9.92. The van der Waals surface area contributed by atoms with E-state index in [0.717, 1.165) is 32.3 Å². The minimum Gasteiger partial charge on any atom is -0.336 e. The average molecular weight is 353 g/mol. The largest absolute Gasteiger partial charge is 0.336 e. The predicted molar refractivity (Wildman–Crippen MR) is 96.0 cm³/mol. The van der Waals surface area contributed by atoms with Crippen molar-refractivity contribution in [2.24, 2.45) is 5.41 Å². The van der Waals surface area contributed by atoms with Gasteiger partial charge in [-0.2, -0.15) is 0 Å². The third-order valence-electron chi connectivity index (χ3n) is 4.35. The Morgan fingerprint density at radius 2 is 1.75 bits per heavy atom. The summed E-state index contributed by atoms with van der Waals surface area (Å²) >= 11 is 0. The zero-order chi connectivity index (χ0) is 18.0. The SMILES string of the molecule is CC(C)(C)CCN1CCN(C(=O)c2cccc(S(C)(=O)=O)c2)CC1. The highest BCUT2D eigenvalue weighted by atomic mass is 32.2. The molecule has 0 bridgehead atoms. The molecule has 0 N–H and O–H groups in total. The smallest absolute Gasteiger partial charge is 0.253 e. The maximum atomic E-state index is 12.6. The molecule has 0 saturated carbocycles. The van der Waals surface area contributed by atoms with E-state index in [4.69, 9.17) is 0 Å². The maximum Gasteiger partial charge on any atom is 0.253 e. The first kappa shape index (κ1) is 18.9. The van der Waals surface area contributed by atoms with E-state index in [2.05, 4.69) is 25.7 Å². The zero-order valence-electron chi connectivity index (χ0n) is 15.1. The van der Waals surface area contributed by atoms with Crippen molar-refractivity contribution < 1.29 is 13.2 Å². The quantitative estimate of drug-likeness (QED) is 0.834. The molecular weight excluding hydrogens is 324 g/mol. The molecule has 0 spiro atoms. The lowest BCUT2D eigenvalue weighted by molar-refractivity contribution is 0.0623. The summed E-state index contributed by atoms with van der Waals surface area (Å²) in [5, 5.41) is 0. The minimum atomic E-state index is -3.30. The van der Waals surface area contributed by atoms with Gasteiger partial charge in [-0.05, 0) is 36.6 Å². The number of carbonyl (C=O) groups is 1. The summed E-state index contributed by atoms with van der Waals surface area (Å²) in [6, 6.07) is 6.31. The minimum absolute atomic E-state index is 0.0871. The lowest BCUT2D eigenvalue weighted by Gasteiger charge is -2.36. The molecule has 1 aromatic rings. The summed E-state index contributed by atoms with van der Waals surface area (Å²) in [6.45, 7) is 10.9. The molecule has 6 heteroatoms. The number of nitrogens with zero attached hydrogens (tertiary/aromatic N) is 2. The normalized spacial score (nSPS) is 17.1.